The largest absolute Gasteiger partial charge is 0.329 e. The Hall–Kier alpha value is -0.380. The van der Waals surface area contributed by atoms with Crippen LogP contribution in [-0.4, -0.2) is 24.5 Å². The van der Waals surface area contributed by atoms with Crippen LogP contribution in [0.3, 0.4) is 0 Å². The van der Waals surface area contributed by atoms with Gasteiger partial charge in [0.05, 0.1) is 0 Å². The van der Waals surface area contributed by atoms with Gasteiger partial charge in [0.2, 0.25) is 0 Å². The third kappa shape index (κ3) is 6.07. The van der Waals surface area contributed by atoms with Crippen LogP contribution in [0.25, 0.3) is 0 Å². The van der Waals surface area contributed by atoms with Gasteiger partial charge in [-0.05, 0) is 25.1 Å². The molecule has 0 radical (unpaired) electrons. The van der Waals surface area contributed by atoms with Gasteiger partial charge in [-0.15, -0.1) is 0 Å². The lowest BCUT2D eigenvalue weighted by Crippen LogP contribution is -2.37. The van der Waals surface area contributed by atoms with Crippen LogP contribution < -0.4 is 5.73 Å². The minimum Gasteiger partial charge on any atom is -0.329 e. The number of benzene rings is 1. The molecule has 0 spiro atoms. The Morgan fingerprint density at radius 2 is 1.95 bits per heavy atom. The molecule has 0 bridgehead atoms. The van der Waals surface area contributed by atoms with Crippen molar-refractivity contribution in [1.82, 2.24) is 4.90 Å². The van der Waals surface area contributed by atoms with Gasteiger partial charge in [-0.1, -0.05) is 66.7 Å². The normalized spacial score (nSPS) is 12.9. The van der Waals surface area contributed by atoms with Crippen molar-refractivity contribution in [1.29, 1.82) is 0 Å². The molecule has 1 unspecified atom stereocenters. The molecule has 0 saturated carbocycles. The van der Waals surface area contributed by atoms with Crippen molar-refractivity contribution in [3.8, 4) is 0 Å². The van der Waals surface area contributed by atoms with E-state index in [0.29, 0.717) is 6.04 Å². The van der Waals surface area contributed by atoms with E-state index in [1.165, 1.54) is 42.1 Å². The summed E-state index contributed by atoms with van der Waals surface area (Å²) in [5, 5.41) is 0. The summed E-state index contributed by atoms with van der Waals surface area (Å²) in [5.41, 5.74) is 7.26. The second-order valence-corrected chi connectivity index (χ2v) is 6.10. The van der Waals surface area contributed by atoms with E-state index in [-0.39, 0.29) is 0 Å². The zero-order valence-corrected chi connectivity index (χ0v) is 13.8. The molecule has 1 aromatic rings. The number of halogens is 1. The number of hydrogen-bond donors (Lipinski definition) is 1. The topological polar surface area (TPSA) is 29.3 Å². The summed E-state index contributed by atoms with van der Waals surface area (Å²) in [4.78, 5) is 2.38. The molecule has 0 saturated heterocycles. The second kappa shape index (κ2) is 9.51. The fraction of sp³-hybridized carbons (Fsp3) is 0.625. The molecular weight excluding hydrogens is 300 g/mol. The highest BCUT2D eigenvalue weighted by atomic mass is 79.9. The number of likely N-dealkylation sites (N-methyl/N-ethyl adjacent to an activating group) is 1. The first-order valence-electron chi connectivity index (χ1n) is 7.32. The summed E-state index contributed by atoms with van der Waals surface area (Å²) < 4.78 is 1.18. The number of nitrogens with two attached hydrogens (primary N) is 1. The van der Waals surface area contributed by atoms with Gasteiger partial charge in [0.25, 0.3) is 0 Å². The molecule has 0 aromatic heterocycles. The summed E-state index contributed by atoms with van der Waals surface area (Å²) in [6.07, 6.45) is 6.45. The Morgan fingerprint density at radius 3 is 2.58 bits per heavy atom. The molecule has 1 atom stereocenters. The first-order chi connectivity index (χ1) is 9.19. The van der Waals surface area contributed by atoms with E-state index in [0.717, 1.165) is 13.1 Å². The molecule has 1 rings (SSSR count). The van der Waals surface area contributed by atoms with Gasteiger partial charge in [0.15, 0.2) is 0 Å². The van der Waals surface area contributed by atoms with Gasteiger partial charge >= 0.3 is 0 Å². The zero-order valence-electron chi connectivity index (χ0n) is 12.2. The van der Waals surface area contributed by atoms with Crippen molar-refractivity contribution < 1.29 is 0 Å². The fourth-order valence-electron chi connectivity index (χ4n) is 2.35. The van der Waals surface area contributed by atoms with Crippen LogP contribution in [0.5, 0.6) is 0 Å². The SMILES string of the molecule is CCCCCCC(CN)N(C)Cc1ccccc1Br. The van der Waals surface area contributed by atoms with Gasteiger partial charge < -0.3 is 5.73 Å². The van der Waals surface area contributed by atoms with Crippen LogP contribution in [0.1, 0.15) is 44.6 Å². The van der Waals surface area contributed by atoms with E-state index in [1.807, 2.05) is 0 Å². The molecule has 0 aliphatic carbocycles. The predicted molar refractivity (Wildman–Crippen MR) is 87.2 cm³/mol. The molecule has 3 heteroatoms. The van der Waals surface area contributed by atoms with E-state index in [4.69, 9.17) is 5.73 Å². The van der Waals surface area contributed by atoms with Gasteiger partial charge in [0.1, 0.15) is 0 Å². The highest BCUT2D eigenvalue weighted by molar-refractivity contribution is 9.10. The lowest BCUT2D eigenvalue weighted by Gasteiger charge is -2.27. The molecule has 108 valence electrons. The van der Waals surface area contributed by atoms with E-state index in [1.54, 1.807) is 0 Å². The van der Waals surface area contributed by atoms with Gasteiger partial charge in [-0.25, -0.2) is 0 Å². The Morgan fingerprint density at radius 1 is 1.21 bits per heavy atom. The Labute approximate surface area is 126 Å². The lowest BCUT2D eigenvalue weighted by atomic mass is 10.1. The Kier molecular flexibility index (Phi) is 8.35. The molecule has 0 heterocycles. The van der Waals surface area contributed by atoms with Gasteiger partial charge in [0, 0.05) is 23.6 Å². The van der Waals surface area contributed by atoms with Crippen LogP contribution in [0, 0.1) is 0 Å². The number of rotatable bonds is 9. The molecule has 2 N–H and O–H groups in total. The summed E-state index contributed by atoms with van der Waals surface area (Å²) in [5.74, 6) is 0. The van der Waals surface area contributed by atoms with Crippen LogP contribution in [0.2, 0.25) is 0 Å². The average Bonchev–Trinajstić information content (AvgIpc) is 2.41. The molecule has 0 aliphatic rings. The molecule has 0 aliphatic heterocycles. The van der Waals surface area contributed by atoms with E-state index in [9.17, 15) is 0 Å². The zero-order chi connectivity index (χ0) is 14.1. The number of unbranched alkanes of at least 4 members (excludes halogenated alkanes) is 3. The highest BCUT2D eigenvalue weighted by Gasteiger charge is 2.13. The number of nitrogens with zero attached hydrogens (tertiary/aromatic N) is 1. The third-order valence-electron chi connectivity index (χ3n) is 3.66. The third-order valence-corrected chi connectivity index (χ3v) is 4.44. The maximum Gasteiger partial charge on any atom is 0.0245 e. The van der Waals surface area contributed by atoms with Crippen LogP contribution >= 0.6 is 15.9 Å². The van der Waals surface area contributed by atoms with E-state index >= 15 is 0 Å². The minimum atomic E-state index is 0.490. The molecule has 2 nitrogen and oxygen atoms in total. The molecule has 1 aromatic carbocycles. The molecule has 0 fully saturated rings. The lowest BCUT2D eigenvalue weighted by molar-refractivity contribution is 0.222. The van der Waals surface area contributed by atoms with Crippen molar-refractivity contribution in [2.75, 3.05) is 13.6 Å². The molecule has 19 heavy (non-hydrogen) atoms. The smallest absolute Gasteiger partial charge is 0.0245 e. The van der Waals surface area contributed by atoms with Crippen LogP contribution in [0.4, 0.5) is 0 Å². The van der Waals surface area contributed by atoms with E-state index in [2.05, 4.69) is 59.1 Å². The highest BCUT2D eigenvalue weighted by Crippen LogP contribution is 2.19. The van der Waals surface area contributed by atoms with Crippen LogP contribution in [-0.2, 0) is 6.54 Å². The van der Waals surface area contributed by atoms with Crippen molar-refractivity contribution in [3.05, 3.63) is 34.3 Å². The molecule has 0 amide bonds. The first kappa shape index (κ1) is 16.7. The van der Waals surface area contributed by atoms with Crippen molar-refractivity contribution >= 4 is 15.9 Å². The minimum absolute atomic E-state index is 0.490. The Bertz CT molecular complexity index is 354. The first-order valence-corrected chi connectivity index (χ1v) is 8.12. The van der Waals surface area contributed by atoms with Gasteiger partial charge in [-0.3, -0.25) is 4.90 Å². The van der Waals surface area contributed by atoms with Crippen molar-refractivity contribution in [2.45, 2.75) is 51.6 Å². The molecular formula is C16H27BrN2. The Balaban J connectivity index is 2.45. The maximum atomic E-state index is 5.93. The standard InChI is InChI=1S/C16H27BrN2/c1-3-4-5-6-10-15(12-18)19(2)13-14-9-7-8-11-16(14)17/h7-9,11,15H,3-6,10,12-13,18H2,1-2H3. The summed E-state index contributed by atoms with van der Waals surface area (Å²) in [6.45, 7) is 3.95. The van der Waals surface area contributed by atoms with Crippen molar-refractivity contribution in [2.24, 2.45) is 5.73 Å². The summed E-state index contributed by atoms with van der Waals surface area (Å²) in [7, 11) is 2.18. The average molecular weight is 327 g/mol. The van der Waals surface area contributed by atoms with Crippen LogP contribution in [0.15, 0.2) is 28.7 Å². The summed E-state index contributed by atoms with van der Waals surface area (Å²) in [6, 6.07) is 8.90. The van der Waals surface area contributed by atoms with E-state index < -0.39 is 0 Å². The quantitative estimate of drug-likeness (QED) is 0.690. The van der Waals surface area contributed by atoms with Gasteiger partial charge in [-0.2, -0.15) is 0 Å². The summed E-state index contributed by atoms with van der Waals surface area (Å²) >= 11 is 3.61. The second-order valence-electron chi connectivity index (χ2n) is 5.25. The fourth-order valence-corrected chi connectivity index (χ4v) is 2.76. The number of hydrogen-bond acceptors (Lipinski definition) is 2. The van der Waals surface area contributed by atoms with Crippen molar-refractivity contribution in [3.63, 3.8) is 0 Å². The monoisotopic (exact) mass is 326 g/mol. The maximum absolute atomic E-state index is 5.93. The predicted octanol–water partition coefficient (Wildman–Crippen LogP) is 4.18.